The lowest BCUT2D eigenvalue weighted by molar-refractivity contribution is -0.139. The number of carbonyl (C=O) groups excluding carboxylic acids is 3. The molecule has 1 rings (SSSR count). The van der Waals surface area contributed by atoms with Crippen molar-refractivity contribution in [3.63, 3.8) is 0 Å². The third-order valence-electron chi connectivity index (χ3n) is 4.83. The van der Waals surface area contributed by atoms with Crippen molar-refractivity contribution < 1.29 is 24.3 Å². The van der Waals surface area contributed by atoms with Crippen molar-refractivity contribution in [1.82, 2.24) is 21.3 Å². The molecular formula is C18H32N4O5. The van der Waals surface area contributed by atoms with E-state index in [2.05, 4.69) is 21.3 Å². The summed E-state index contributed by atoms with van der Waals surface area (Å²) in [5.41, 5.74) is 0. The van der Waals surface area contributed by atoms with E-state index in [0.29, 0.717) is 6.42 Å². The van der Waals surface area contributed by atoms with E-state index in [4.69, 9.17) is 5.11 Å². The summed E-state index contributed by atoms with van der Waals surface area (Å²) < 4.78 is 0. The van der Waals surface area contributed by atoms with Crippen molar-refractivity contribution in [1.29, 1.82) is 0 Å². The molecule has 0 aliphatic carbocycles. The smallest absolute Gasteiger partial charge is 0.322 e. The molecule has 0 aromatic heterocycles. The van der Waals surface area contributed by atoms with E-state index in [1.807, 2.05) is 20.8 Å². The van der Waals surface area contributed by atoms with Gasteiger partial charge in [0.05, 0.1) is 6.04 Å². The summed E-state index contributed by atoms with van der Waals surface area (Å²) >= 11 is 0. The lowest BCUT2D eigenvalue weighted by Crippen LogP contribution is -2.58. The predicted octanol–water partition coefficient (Wildman–Crippen LogP) is -0.389. The molecular weight excluding hydrogens is 352 g/mol. The molecule has 1 heterocycles. The van der Waals surface area contributed by atoms with Crippen LogP contribution in [0.25, 0.3) is 0 Å². The first-order chi connectivity index (χ1) is 12.7. The van der Waals surface area contributed by atoms with E-state index >= 15 is 0 Å². The van der Waals surface area contributed by atoms with Crippen molar-refractivity contribution >= 4 is 23.7 Å². The molecule has 3 amide bonds. The van der Waals surface area contributed by atoms with Crippen LogP contribution in [0.15, 0.2) is 0 Å². The molecule has 0 bridgehead atoms. The summed E-state index contributed by atoms with van der Waals surface area (Å²) in [6.07, 6.45) is 2.26. The molecule has 154 valence electrons. The van der Waals surface area contributed by atoms with Gasteiger partial charge in [-0.25, -0.2) is 0 Å². The van der Waals surface area contributed by atoms with Gasteiger partial charge in [-0.15, -0.1) is 0 Å². The van der Waals surface area contributed by atoms with Crippen LogP contribution >= 0.6 is 0 Å². The highest BCUT2D eigenvalue weighted by atomic mass is 16.4. The maximum absolute atomic E-state index is 12.8. The summed E-state index contributed by atoms with van der Waals surface area (Å²) in [6.45, 7) is 7.57. The van der Waals surface area contributed by atoms with Gasteiger partial charge in [-0.1, -0.05) is 34.1 Å². The van der Waals surface area contributed by atoms with Crippen molar-refractivity contribution in [2.45, 2.75) is 65.1 Å². The number of hydrogen-bond acceptors (Lipinski definition) is 5. The topological polar surface area (TPSA) is 137 Å². The molecule has 9 heteroatoms. The van der Waals surface area contributed by atoms with Crippen LogP contribution in [-0.4, -0.2) is 60.0 Å². The molecule has 4 atom stereocenters. The second kappa shape index (κ2) is 10.9. The Labute approximate surface area is 160 Å². The number of carboxylic acids is 1. The molecule has 0 spiro atoms. The zero-order valence-corrected chi connectivity index (χ0v) is 16.5. The molecule has 0 radical (unpaired) electrons. The Kier molecular flexibility index (Phi) is 9.20. The minimum absolute atomic E-state index is 0.171. The standard InChI is InChI=1S/C18H32N4O5/c1-5-11(4)15(17(26)20-9-13(23)24)22-18(27)14(10(2)3)21-16(25)12-7-6-8-19-12/h10-12,14-15,19H,5-9H2,1-4H3,(H,20,26)(H,21,25)(H,22,27)(H,23,24). The van der Waals surface area contributed by atoms with Crippen LogP contribution in [0.2, 0.25) is 0 Å². The Morgan fingerprint density at radius 3 is 2.22 bits per heavy atom. The summed E-state index contributed by atoms with van der Waals surface area (Å²) in [6, 6.07) is -1.95. The Bertz CT molecular complexity index is 546. The Hall–Kier alpha value is -2.16. The van der Waals surface area contributed by atoms with Crippen LogP contribution in [0.3, 0.4) is 0 Å². The average molecular weight is 384 g/mol. The molecule has 1 saturated heterocycles. The zero-order chi connectivity index (χ0) is 20.6. The first kappa shape index (κ1) is 22.9. The lowest BCUT2D eigenvalue weighted by atomic mass is 9.96. The first-order valence-corrected chi connectivity index (χ1v) is 9.51. The molecule has 27 heavy (non-hydrogen) atoms. The van der Waals surface area contributed by atoms with Gasteiger partial charge in [-0.3, -0.25) is 19.2 Å². The summed E-state index contributed by atoms with van der Waals surface area (Å²) in [5.74, 6) is -2.75. The third kappa shape index (κ3) is 7.16. The van der Waals surface area contributed by atoms with Crippen LogP contribution in [0, 0.1) is 11.8 Å². The normalized spacial score (nSPS) is 19.8. The van der Waals surface area contributed by atoms with Crippen molar-refractivity contribution in [2.75, 3.05) is 13.1 Å². The lowest BCUT2D eigenvalue weighted by Gasteiger charge is -2.28. The van der Waals surface area contributed by atoms with E-state index in [0.717, 1.165) is 19.4 Å². The van der Waals surface area contributed by atoms with Crippen molar-refractivity contribution in [3.05, 3.63) is 0 Å². The minimum atomic E-state index is -1.16. The van der Waals surface area contributed by atoms with Crippen LogP contribution in [-0.2, 0) is 19.2 Å². The summed E-state index contributed by atoms with van der Waals surface area (Å²) in [5, 5.41) is 19.6. The number of hydrogen-bond donors (Lipinski definition) is 5. The molecule has 1 fully saturated rings. The van der Waals surface area contributed by atoms with E-state index < -0.39 is 36.4 Å². The van der Waals surface area contributed by atoms with Crippen molar-refractivity contribution in [2.24, 2.45) is 11.8 Å². The SMILES string of the molecule is CCC(C)C(NC(=O)C(NC(=O)C1CCCN1)C(C)C)C(=O)NCC(=O)O. The highest BCUT2D eigenvalue weighted by Gasteiger charge is 2.33. The fraction of sp³-hybridized carbons (Fsp3) is 0.778. The molecule has 9 nitrogen and oxygen atoms in total. The van der Waals surface area contributed by atoms with E-state index in [9.17, 15) is 19.2 Å². The monoisotopic (exact) mass is 384 g/mol. The third-order valence-corrected chi connectivity index (χ3v) is 4.83. The molecule has 1 aliphatic heterocycles. The van der Waals surface area contributed by atoms with Crippen LogP contribution in [0.5, 0.6) is 0 Å². The minimum Gasteiger partial charge on any atom is -0.480 e. The number of carboxylic acid groups (broad SMARTS) is 1. The van der Waals surface area contributed by atoms with Gasteiger partial charge in [0.2, 0.25) is 17.7 Å². The number of aliphatic carboxylic acids is 1. The Morgan fingerprint density at radius 1 is 1.07 bits per heavy atom. The Balaban J connectivity index is 2.80. The van der Waals surface area contributed by atoms with Gasteiger partial charge in [0, 0.05) is 0 Å². The molecule has 5 N–H and O–H groups in total. The number of nitrogens with one attached hydrogen (secondary N) is 4. The fourth-order valence-corrected chi connectivity index (χ4v) is 2.91. The van der Waals surface area contributed by atoms with Gasteiger partial charge in [0.15, 0.2) is 0 Å². The molecule has 1 aliphatic rings. The molecule has 4 unspecified atom stereocenters. The van der Waals surface area contributed by atoms with Gasteiger partial charge >= 0.3 is 5.97 Å². The maximum Gasteiger partial charge on any atom is 0.322 e. The van der Waals surface area contributed by atoms with Crippen LogP contribution in [0.1, 0.15) is 47.0 Å². The van der Waals surface area contributed by atoms with Crippen LogP contribution < -0.4 is 21.3 Å². The van der Waals surface area contributed by atoms with Gasteiger partial charge in [-0.05, 0) is 31.2 Å². The van der Waals surface area contributed by atoms with E-state index in [1.165, 1.54) is 0 Å². The fourth-order valence-electron chi connectivity index (χ4n) is 2.91. The Morgan fingerprint density at radius 2 is 1.74 bits per heavy atom. The van der Waals surface area contributed by atoms with Gasteiger partial charge < -0.3 is 26.4 Å². The first-order valence-electron chi connectivity index (χ1n) is 9.51. The number of rotatable bonds is 10. The molecule has 0 saturated carbocycles. The van der Waals surface area contributed by atoms with E-state index in [-0.39, 0.29) is 23.8 Å². The van der Waals surface area contributed by atoms with Gasteiger partial charge in [-0.2, -0.15) is 0 Å². The number of amides is 3. The van der Waals surface area contributed by atoms with Gasteiger partial charge in [0.25, 0.3) is 0 Å². The highest BCUT2D eigenvalue weighted by molar-refractivity contribution is 5.94. The second-order valence-corrected chi connectivity index (χ2v) is 7.36. The van der Waals surface area contributed by atoms with Crippen LogP contribution in [0.4, 0.5) is 0 Å². The zero-order valence-electron chi connectivity index (χ0n) is 16.5. The van der Waals surface area contributed by atoms with Gasteiger partial charge in [0.1, 0.15) is 18.6 Å². The van der Waals surface area contributed by atoms with E-state index in [1.54, 1.807) is 6.92 Å². The highest BCUT2D eigenvalue weighted by Crippen LogP contribution is 2.11. The molecule has 0 aromatic rings. The average Bonchev–Trinajstić information content (AvgIpc) is 3.15. The quantitative estimate of drug-likeness (QED) is 0.348. The summed E-state index contributed by atoms with van der Waals surface area (Å²) in [4.78, 5) is 48.1. The maximum atomic E-state index is 12.8. The second-order valence-electron chi connectivity index (χ2n) is 7.36. The summed E-state index contributed by atoms with van der Waals surface area (Å²) in [7, 11) is 0. The predicted molar refractivity (Wildman–Crippen MR) is 99.8 cm³/mol. The van der Waals surface area contributed by atoms with Crippen molar-refractivity contribution in [3.8, 4) is 0 Å². The number of carbonyl (C=O) groups is 4. The largest absolute Gasteiger partial charge is 0.480 e. The molecule has 0 aromatic carbocycles.